The van der Waals surface area contributed by atoms with Gasteiger partial charge in [0.1, 0.15) is 17.9 Å². The molecule has 0 bridgehead atoms. The Morgan fingerprint density at radius 3 is 2.89 bits per heavy atom. The molecule has 0 atom stereocenters. The van der Waals surface area contributed by atoms with Crippen molar-refractivity contribution >= 4 is 16.7 Å². The number of nitrogens with one attached hydrogen (secondary N) is 2. The molecule has 3 rings (SSSR count). The van der Waals surface area contributed by atoms with E-state index in [-0.39, 0.29) is 0 Å². The van der Waals surface area contributed by atoms with Gasteiger partial charge in [0.25, 0.3) is 0 Å². The first-order valence-corrected chi connectivity index (χ1v) is 6.63. The molecule has 1 fully saturated rings. The Bertz CT molecular complexity index is 566. The van der Waals surface area contributed by atoms with Crippen LogP contribution in [0.3, 0.4) is 0 Å². The third-order valence-corrected chi connectivity index (χ3v) is 3.52. The minimum Gasteiger partial charge on any atom is -0.497 e. The Balaban J connectivity index is 1.92. The van der Waals surface area contributed by atoms with E-state index in [0.29, 0.717) is 6.04 Å². The number of piperidine rings is 1. The van der Waals surface area contributed by atoms with Crippen molar-refractivity contribution in [1.82, 2.24) is 15.3 Å². The molecule has 5 nitrogen and oxygen atoms in total. The van der Waals surface area contributed by atoms with Crippen LogP contribution in [-0.4, -0.2) is 36.2 Å². The number of hydrogen-bond acceptors (Lipinski definition) is 5. The minimum absolute atomic E-state index is 0.477. The summed E-state index contributed by atoms with van der Waals surface area (Å²) in [7, 11) is 1.67. The first-order valence-electron chi connectivity index (χ1n) is 6.63. The zero-order chi connectivity index (χ0) is 13.1. The highest BCUT2D eigenvalue weighted by Gasteiger charge is 2.14. The van der Waals surface area contributed by atoms with Crippen LogP contribution in [0.15, 0.2) is 24.5 Å². The molecule has 2 aromatic rings. The maximum atomic E-state index is 5.27. The van der Waals surface area contributed by atoms with Crippen molar-refractivity contribution in [2.75, 3.05) is 25.5 Å². The van der Waals surface area contributed by atoms with E-state index in [9.17, 15) is 0 Å². The Hall–Kier alpha value is -1.88. The van der Waals surface area contributed by atoms with Crippen molar-refractivity contribution in [2.24, 2.45) is 0 Å². The predicted octanol–water partition coefficient (Wildman–Crippen LogP) is 1.80. The number of aromatic nitrogens is 2. The fraction of sp³-hybridized carbons (Fsp3) is 0.429. The molecule has 0 radical (unpaired) electrons. The van der Waals surface area contributed by atoms with E-state index in [4.69, 9.17) is 4.74 Å². The molecule has 0 spiro atoms. The van der Waals surface area contributed by atoms with E-state index in [1.54, 1.807) is 13.4 Å². The monoisotopic (exact) mass is 258 g/mol. The smallest absolute Gasteiger partial charge is 0.137 e. The van der Waals surface area contributed by atoms with Crippen LogP contribution in [0.5, 0.6) is 5.75 Å². The SMILES string of the molecule is COc1ccc2ncnc(NC3CCNCC3)c2c1. The quantitative estimate of drug-likeness (QED) is 0.879. The molecule has 2 heterocycles. The van der Waals surface area contributed by atoms with Gasteiger partial charge >= 0.3 is 0 Å². The van der Waals surface area contributed by atoms with Gasteiger partial charge in [0, 0.05) is 11.4 Å². The van der Waals surface area contributed by atoms with Crippen molar-refractivity contribution in [1.29, 1.82) is 0 Å². The number of fused-ring (bicyclic) bond motifs is 1. The number of anilines is 1. The van der Waals surface area contributed by atoms with Crippen LogP contribution in [0.25, 0.3) is 10.9 Å². The molecule has 5 heteroatoms. The standard InChI is InChI=1S/C14H18N4O/c1-19-11-2-3-13-12(8-11)14(17-9-16-13)18-10-4-6-15-7-5-10/h2-3,8-10,15H,4-7H2,1H3,(H,16,17,18). The van der Waals surface area contributed by atoms with Gasteiger partial charge in [-0.15, -0.1) is 0 Å². The number of benzene rings is 1. The molecule has 1 aliphatic rings. The van der Waals surface area contributed by atoms with Gasteiger partial charge in [0.2, 0.25) is 0 Å². The van der Waals surface area contributed by atoms with E-state index in [1.165, 1.54) is 0 Å². The first-order chi connectivity index (χ1) is 9.36. The Labute approximate surface area is 112 Å². The predicted molar refractivity (Wildman–Crippen MR) is 75.6 cm³/mol. The maximum absolute atomic E-state index is 5.27. The van der Waals surface area contributed by atoms with E-state index in [2.05, 4.69) is 20.6 Å². The lowest BCUT2D eigenvalue weighted by Gasteiger charge is -2.24. The van der Waals surface area contributed by atoms with Crippen LogP contribution < -0.4 is 15.4 Å². The Kier molecular flexibility index (Phi) is 3.46. The molecule has 1 aromatic carbocycles. The molecular weight excluding hydrogens is 240 g/mol. The Morgan fingerprint density at radius 2 is 2.11 bits per heavy atom. The van der Waals surface area contributed by atoms with Gasteiger partial charge < -0.3 is 15.4 Å². The number of hydrogen-bond donors (Lipinski definition) is 2. The van der Waals surface area contributed by atoms with Gasteiger partial charge in [-0.05, 0) is 44.1 Å². The van der Waals surface area contributed by atoms with Gasteiger partial charge in [0.05, 0.1) is 12.6 Å². The summed E-state index contributed by atoms with van der Waals surface area (Å²) in [6.45, 7) is 2.12. The summed E-state index contributed by atoms with van der Waals surface area (Å²) in [6, 6.07) is 6.34. The molecule has 19 heavy (non-hydrogen) atoms. The van der Waals surface area contributed by atoms with Gasteiger partial charge in [0.15, 0.2) is 0 Å². The Morgan fingerprint density at radius 1 is 1.26 bits per heavy atom. The molecule has 0 unspecified atom stereocenters. The van der Waals surface area contributed by atoms with Crippen molar-refractivity contribution in [3.8, 4) is 5.75 Å². The van der Waals surface area contributed by atoms with Crippen molar-refractivity contribution in [2.45, 2.75) is 18.9 Å². The molecule has 1 saturated heterocycles. The summed E-state index contributed by atoms with van der Waals surface area (Å²) < 4.78 is 5.27. The summed E-state index contributed by atoms with van der Waals surface area (Å²) in [5, 5.41) is 7.91. The van der Waals surface area contributed by atoms with Crippen LogP contribution >= 0.6 is 0 Å². The second-order valence-corrected chi connectivity index (χ2v) is 4.77. The van der Waals surface area contributed by atoms with Gasteiger partial charge in [-0.3, -0.25) is 0 Å². The zero-order valence-electron chi connectivity index (χ0n) is 11.0. The average molecular weight is 258 g/mol. The van der Waals surface area contributed by atoms with Gasteiger partial charge in [-0.1, -0.05) is 0 Å². The van der Waals surface area contributed by atoms with Gasteiger partial charge in [-0.25, -0.2) is 9.97 Å². The second-order valence-electron chi connectivity index (χ2n) is 4.77. The summed E-state index contributed by atoms with van der Waals surface area (Å²) in [4.78, 5) is 8.67. The molecule has 1 aromatic heterocycles. The van der Waals surface area contributed by atoms with E-state index in [0.717, 1.165) is 48.4 Å². The number of nitrogens with zero attached hydrogens (tertiary/aromatic N) is 2. The van der Waals surface area contributed by atoms with E-state index < -0.39 is 0 Å². The molecule has 0 saturated carbocycles. The molecule has 100 valence electrons. The molecule has 2 N–H and O–H groups in total. The minimum atomic E-state index is 0.477. The summed E-state index contributed by atoms with van der Waals surface area (Å²) in [6.07, 6.45) is 3.85. The van der Waals surface area contributed by atoms with Crippen molar-refractivity contribution < 1.29 is 4.74 Å². The first kappa shape index (κ1) is 12.2. The summed E-state index contributed by atoms with van der Waals surface area (Å²) >= 11 is 0. The topological polar surface area (TPSA) is 59.1 Å². The highest BCUT2D eigenvalue weighted by molar-refractivity contribution is 5.90. The summed E-state index contributed by atoms with van der Waals surface area (Å²) in [5.41, 5.74) is 0.937. The second kappa shape index (κ2) is 5.40. The van der Waals surface area contributed by atoms with Crippen LogP contribution in [0.1, 0.15) is 12.8 Å². The van der Waals surface area contributed by atoms with Crippen LogP contribution in [0.2, 0.25) is 0 Å². The molecule has 1 aliphatic heterocycles. The maximum Gasteiger partial charge on any atom is 0.137 e. The van der Waals surface area contributed by atoms with Crippen LogP contribution in [0, 0.1) is 0 Å². The largest absolute Gasteiger partial charge is 0.497 e. The molecule has 0 amide bonds. The van der Waals surface area contributed by atoms with Crippen molar-refractivity contribution in [3.05, 3.63) is 24.5 Å². The fourth-order valence-electron chi connectivity index (χ4n) is 2.44. The zero-order valence-corrected chi connectivity index (χ0v) is 11.0. The molecule has 0 aliphatic carbocycles. The number of methoxy groups -OCH3 is 1. The average Bonchev–Trinajstić information content (AvgIpc) is 2.48. The molecular formula is C14H18N4O. The van der Waals surface area contributed by atoms with Gasteiger partial charge in [-0.2, -0.15) is 0 Å². The third kappa shape index (κ3) is 2.61. The van der Waals surface area contributed by atoms with E-state index >= 15 is 0 Å². The highest BCUT2D eigenvalue weighted by atomic mass is 16.5. The fourth-order valence-corrected chi connectivity index (χ4v) is 2.44. The highest BCUT2D eigenvalue weighted by Crippen LogP contribution is 2.25. The normalized spacial score (nSPS) is 16.5. The number of rotatable bonds is 3. The van der Waals surface area contributed by atoms with Crippen LogP contribution in [0.4, 0.5) is 5.82 Å². The lowest BCUT2D eigenvalue weighted by atomic mass is 10.1. The van der Waals surface area contributed by atoms with E-state index in [1.807, 2.05) is 18.2 Å². The van der Waals surface area contributed by atoms with Crippen molar-refractivity contribution in [3.63, 3.8) is 0 Å². The third-order valence-electron chi connectivity index (χ3n) is 3.52. The number of ether oxygens (including phenoxy) is 1. The van der Waals surface area contributed by atoms with Crippen LogP contribution in [-0.2, 0) is 0 Å². The lowest BCUT2D eigenvalue weighted by Crippen LogP contribution is -2.35. The lowest BCUT2D eigenvalue weighted by molar-refractivity contribution is 0.415. The summed E-state index contributed by atoms with van der Waals surface area (Å²) in [5.74, 6) is 1.73.